The molecule has 4 fully saturated rings. The number of hydrogen-bond donors (Lipinski definition) is 1. The Morgan fingerprint density at radius 3 is 2.15 bits per heavy atom. The van der Waals surface area contributed by atoms with Crippen LogP contribution in [0, 0.1) is 17.3 Å². The Morgan fingerprint density at radius 1 is 1.15 bits per heavy atom. The maximum absolute atomic E-state index is 13.4. The van der Waals surface area contributed by atoms with Crippen molar-refractivity contribution in [3.63, 3.8) is 0 Å². The highest BCUT2D eigenvalue weighted by atomic mass is 32.2. The standard InChI is InChI=1S/C15H20F4O6S/c16-14(17,15(18,19)26(22,23)24)1-2-25-11(20)12-4-9-3-10(5-12)7-13(21,6-9)8-12/h9-10,21H,1-8H2,(H,22,23,24)/p-1. The molecule has 0 radical (unpaired) electrons. The Labute approximate surface area is 147 Å². The number of carbonyl (C=O) groups excluding carboxylic acids is 1. The van der Waals surface area contributed by atoms with Gasteiger partial charge in [0, 0.05) is 0 Å². The van der Waals surface area contributed by atoms with E-state index < -0.39 is 51.3 Å². The van der Waals surface area contributed by atoms with E-state index in [1.807, 2.05) is 0 Å². The Kier molecular flexibility index (Phi) is 4.40. The maximum Gasteiger partial charge on any atom is 0.396 e. The van der Waals surface area contributed by atoms with Crippen LogP contribution in [0.1, 0.15) is 44.9 Å². The first kappa shape index (κ1) is 19.8. The summed E-state index contributed by atoms with van der Waals surface area (Å²) in [7, 11) is -6.56. The van der Waals surface area contributed by atoms with Crippen molar-refractivity contribution in [2.75, 3.05) is 6.61 Å². The predicted octanol–water partition coefficient (Wildman–Crippen LogP) is 2.02. The van der Waals surface area contributed by atoms with Crippen molar-refractivity contribution in [1.29, 1.82) is 0 Å². The van der Waals surface area contributed by atoms with Gasteiger partial charge < -0.3 is 14.4 Å². The molecule has 0 spiro atoms. The second-order valence-electron chi connectivity index (χ2n) is 8.03. The van der Waals surface area contributed by atoms with Crippen LogP contribution in [0.25, 0.3) is 0 Å². The molecule has 0 aromatic rings. The second-order valence-corrected chi connectivity index (χ2v) is 9.45. The van der Waals surface area contributed by atoms with Gasteiger partial charge in [-0.05, 0) is 50.4 Å². The first-order chi connectivity index (χ1) is 11.7. The largest absolute Gasteiger partial charge is 0.743 e. The van der Waals surface area contributed by atoms with E-state index in [9.17, 15) is 40.4 Å². The minimum Gasteiger partial charge on any atom is -0.743 e. The van der Waals surface area contributed by atoms with Crippen molar-refractivity contribution in [1.82, 2.24) is 0 Å². The first-order valence-electron chi connectivity index (χ1n) is 8.30. The van der Waals surface area contributed by atoms with Crippen molar-refractivity contribution in [3.8, 4) is 0 Å². The summed E-state index contributed by atoms with van der Waals surface area (Å²) in [5, 5.41) is 4.75. The van der Waals surface area contributed by atoms with Gasteiger partial charge in [0.05, 0.1) is 24.0 Å². The molecule has 2 unspecified atom stereocenters. The lowest BCUT2D eigenvalue weighted by molar-refractivity contribution is -0.201. The molecule has 4 bridgehead atoms. The van der Waals surface area contributed by atoms with Crippen LogP contribution in [0.2, 0.25) is 0 Å². The molecule has 4 aliphatic rings. The van der Waals surface area contributed by atoms with E-state index in [4.69, 9.17) is 4.74 Å². The topological polar surface area (TPSA) is 104 Å². The predicted molar refractivity (Wildman–Crippen MR) is 77.2 cm³/mol. The zero-order valence-corrected chi connectivity index (χ0v) is 14.5. The Morgan fingerprint density at radius 2 is 1.69 bits per heavy atom. The number of esters is 1. The van der Waals surface area contributed by atoms with Crippen LogP contribution in [0.3, 0.4) is 0 Å². The van der Waals surface area contributed by atoms with Crippen molar-refractivity contribution in [2.45, 2.75) is 61.7 Å². The Bertz CT molecular complexity index is 693. The molecule has 0 heterocycles. The third kappa shape index (κ3) is 3.11. The number of hydrogen-bond acceptors (Lipinski definition) is 6. The van der Waals surface area contributed by atoms with Gasteiger partial charge in [0.1, 0.15) is 0 Å². The molecule has 0 aliphatic heterocycles. The number of ether oxygens (including phenoxy) is 1. The molecule has 6 nitrogen and oxygen atoms in total. The molecule has 1 N–H and O–H groups in total. The fourth-order valence-electron chi connectivity index (χ4n) is 5.21. The third-order valence-electron chi connectivity index (χ3n) is 5.85. The second kappa shape index (κ2) is 5.78. The van der Waals surface area contributed by atoms with Gasteiger partial charge in [-0.2, -0.15) is 17.6 Å². The summed E-state index contributed by atoms with van der Waals surface area (Å²) in [5.74, 6) is -5.74. The summed E-state index contributed by atoms with van der Waals surface area (Å²) in [4.78, 5) is 12.4. The van der Waals surface area contributed by atoms with Crippen molar-refractivity contribution >= 4 is 16.1 Å². The minimum atomic E-state index is -6.56. The van der Waals surface area contributed by atoms with Gasteiger partial charge in [-0.1, -0.05) is 0 Å². The fraction of sp³-hybridized carbons (Fsp3) is 0.933. The Balaban J connectivity index is 1.63. The van der Waals surface area contributed by atoms with Gasteiger partial charge in [0.15, 0.2) is 10.1 Å². The van der Waals surface area contributed by atoms with Crippen LogP contribution in [-0.4, -0.2) is 47.4 Å². The number of rotatable bonds is 6. The van der Waals surface area contributed by atoms with Gasteiger partial charge in [-0.3, -0.25) is 4.79 Å². The van der Waals surface area contributed by atoms with Gasteiger partial charge in [0.25, 0.3) is 0 Å². The summed E-state index contributed by atoms with van der Waals surface area (Å²) in [5.41, 5.74) is -2.00. The molecule has 150 valence electrons. The summed E-state index contributed by atoms with van der Waals surface area (Å²) < 4.78 is 88.7. The third-order valence-corrected chi connectivity index (χ3v) is 6.78. The normalized spacial score (nSPS) is 37.0. The number of alkyl halides is 4. The number of aliphatic hydroxyl groups is 1. The van der Waals surface area contributed by atoms with Crippen LogP contribution < -0.4 is 0 Å². The van der Waals surface area contributed by atoms with Crippen LogP contribution in [-0.2, 0) is 19.6 Å². The van der Waals surface area contributed by atoms with Gasteiger partial charge in [0.2, 0.25) is 0 Å². The van der Waals surface area contributed by atoms with Gasteiger partial charge in [-0.15, -0.1) is 0 Å². The van der Waals surface area contributed by atoms with Crippen LogP contribution in [0.15, 0.2) is 0 Å². The molecule has 26 heavy (non-hydrogen) atoms. The molecule has 0 aromatic heterocycles. The molecule has 0 saturated heterocycles. The molecular formula is C15H19F4O6S-. The Hall–Kier alpha value is -0.940. The SMILES string of the molecule is O=C(OCCC(F)(F)C(F)(F)S(=O)(=O)[O-])C12CC3CC(CC(O)(C3)C1)C2. The molecule has 0 aromatic carbocycles. The summed E-state index contributed by atoms with van der Waals surface area (Å²) in [6, 6.07) is 0. The van der Waals surface area contributed by atoms with Crippen molar-refractivity contribution in [3.05, 3.63) is 0 Å². The van der Waals surface area contributed by atoms with E-state index in [1.165, 1.54) is 0 Å². The monoisotopic (exact) mass is 403 g/mol. The molecule has 4 aliphatic carbocycles. The molecular weight excluding hydrogens is 384 g/mol. The minimum absolute atomic E-state index is 0.130. The highest BCUT2D eigenvalue weighted by molar-refractivity contribution is 7.86. The highest BCUT2D eigenvalue weighted by Crippen LogP contribution is 2.62. The zero-order chi connectivity index (χ0) is 19.6. The summed E-state index contributed by atoms with van der Waals surface area (Å²) in [6.45, 7) is -1.15. The summed E-state index contributed by atoms with van der Waals surface area (Å²) >= 11 is 0. The average molecular weight is 403 g/mol. The van der Waals surface area contributed by atoms with E-state index >= 15 is 0 Å². The van der Waals surface area contributed by atoms with Gasteiger partial charge >= 0.3 is 17.1 Å². The lowest BCUT2D eigenvalue weighted by Gasteiger charge is -2.58. The van der Waals surface area contributed by atoms with E-state index in [1.54, 1.807) is 0 Å². The maximum atomic E-state index is 13.4. The number of halogens is 4. The molecule has 0 amide bonds. The average Bonchev–Trinajstić information content (AvgIpc) is 2.42. The lowest BCUT2D eigenvalue weighted by Crippen LogP contribution is -2.58. The number of carbonyl (C=O) groups is 1. The molecule has 4 rings (SSSR count). The quantitative estimate of drug-likeness (QED) is 0.413. The van der Waals surface area contributed by atoms with Crippen LogP contribution in [0.5, 0.6) is 0 Å². The smallest absolute Gasteiger partial charge is 0.396 e. The highest BCUT2D eigenvalue weighted by Gasteiger charge is 2.63. The molecule has 11 heteroatoms. The van der Waals surface area contributed by atoms with Gasteiger partial charge in [-0.25, -0.2) is 8.42 Å². The fourth-order valence-corrected chi connectivity index (χ4v) is 5.67. The van der Waals surface area contributed by atoms with Crippen molar-refractivity contribution < 1.29 is 45.2 Å². The van der Waals surface area contributed by atoms with E-state index in [2.05, 4.69) is 0 Å². The molecule has 2 atom stereocenters. The van der Waals surface area contributed by atoms with E-state index in [-0.39, 0.29) is 18.3 Å². The first-order valence-corrected chi connectivity index (χ1v) is 9.71. The van der Waals surface area contributed by atoms with Crippen LogP contribution >= 0.6 is 0 Å². The molecule has 4 saturated carbocycles. The van der Waals surface area contributed by atoms with E-state index in [0.717, 1.165) is 6.42 Å². The zero-order valence-electron chi connectivity index (χ0n) is 13.7. The van der Waals surface area contributed by atoms with E-state index in [0.29, 0.717) is 25.7 Å². The van der Waals surface area contributed by atoms with Crippen molar-refractivity contribution in [2.24, 2.45) is 17.3 Å². The lowest BCUT2D eigenvalue weighted by atomic mass is 9.48. The summed E-state index contributed by atoms with van der Waals surface area (Å²) in [6.07, 6.45) is 1.28. The van der Waals surface area contributed by atoms with Crippen LogP contribution in [0.4, 0.5) is 17.6 Å².